The predicted octanol–water partition coefficient (Wildman–Crippen LogP) is 3.28. The third-order valence-corrected chi connectivity index (χ3v) is 3.25. The summed E-state index contributed by atoms with van der Waals surface area (Å²) in [5, 5.41) is 14.5. The largest absolute Gasteiger partial charge is 0.410 e. The Morgan fingerprint density at radius 1 is 1.20 bits per heavy atom. The molecule has 0 unspecified atom stereocenters. The molecule has 0 amide bonds. The summed E-state index contributed by atoms with van der Waals surface area (Å²) in [7, 11) is 0. The molecular weight excluding hydrogens is 206 g/mol. The van der Waals surface area contributed by atoms with Gasteiger partial charge in [-0.15, -0.1) is 11.3 Å². The Labute approximate surface area is 92.5 Å². The van der Waals surface area contributed by atoms with Gasteiger partial charge >= 0.3 is 0 Å². The summed E-state index contributed by atoms with van der Waals surface area (Å²) in [6.45, 7) is 2.01. The van der Waals surface area contributed by atoms with Crippen LogP contribution in [0.1, 0.15) is 16.0 Å². The van der Waals surface area contributed by atoms with Gasteiger partial charge in [0.15, 0.2) is 0 Å². The zero-order valence-corrected chi connectivity index (χ0v) is 9.16. The summed E-state index contributed by atoms with van der Waals surface area (Å²) in [5.74, 6) is 0. The number of nitrogens with zero attached hydrogens (tertiary/aromatic N) is 1. The number of thiophene rings is 1. The van der Waals surface area contributed by atoms with E-state index in [1.165, 1.54) is 0 Å². The van der Waals surface area contributed by atoms with E-state index < -0.39 is 0 Å². The summed E-state index contributed by atoms with van der Waals surface area (Å²) in [4.78, 5) is 1.02. The molecule has 0 spiro atoms. The molecule has 2 aromatic rings. The molecule has 76 valence electrons. The van der Waals surface area contributed by atoms with Crippen LogP contribution >= 0.6 is 11.3 Å². The van der Waals surface area contributed by atoms with Crippen molar-refractivity contribution in [2.24, 2.45) is 5.16 Å². The second-order valence-corrected chi connectivity index (χ2v) is 4.16. The van der Waals surface area contributed by atoms with Gasteiger partial charge in [-0.25, -0.2) is 0 Å². The Kier molecular flexibility index (Phi) is 2.83. The van der Waals surface area contributed by atoms with Crippen molar-refractivity contribution in [2.45, 2.75) is 6.92 Å². The fraction of sp³-hybridized carbons (Fsp3) is 0.0833. The van der Waals surface area contributed by atoms with Crippen LogP contribution in [0.5, 0.6) is 0 Å². The van der Waals surface area contributed by atoms with E-state index in [2.05, 4.69) is 5.16 Å². The number of rotatable bonds is 2. The van der Waals surface area contributed by atoms with Gasteiger partial charge in [-0.2, -0.15) is 0 Å². The number of benzene rings is 1. The van der Waals surface area contributed by atoms with Gasteiger partial charge in [0, 0.05) is 5.56 Å². The Hall–Kier alpha value is -1.61. The third kappa shape index (κ3) is 1.92. The molecule has 0 saturated heterocycles. The Balaban J connectivity index is 2.48. The highest BCUT2D eigenvalue weighted by Gasteiger charge is 2.10. The van der Waals surface area contributed by atoms with Gasteiger partial charge in [-0.3, -0.25) is 0 Å². The zero-order valence-electron chi connectivity index (χ0n) is 8.34. The van der Waals surface area contributed by atoms with E-state index in [1.807, 2.05) is 48.7 Å². The molecule has 1 heterocycles. The van der Waals surface area contributed by atoms with Crippen LogP contribution < -0.4 is 0 Å². The zero-order chi connectivity index (χ0) is 10.7. The highest BCUT2D eigenvalue weighted by Crippen LogP contribution is 2.20. The minimum Gasteiger partial charge on any atom is -0.410 e. The van der Waals surface area contributed by atoms with Gasteiger partial charge in [0.2, 0.25) is 0 Å². The van der Waals surface area contributed by atoms with E-state index in [0.717, 1.165) is 16.0 Å². The predicted molar refractivity (Wildman–Crippen MR) is 62.9 cm³/mol. The lowest BCUT2D eigenvalue weighted by Crippen LogP contribution is -2.01. The Morgan fingerprint density at radius 3 is 2.47 bits per heavy atom. The molecule has 2 rings (SSSR count). The molecule has 0 aliphatic heterocycles. The van der Waals surface area contributed by atoms with Gasteiger partial charge in [0.05, 0.1) is 4.88 Å². The van der Waals surface area contributed by atoms with Crippen molar-refractivity contribution in [2.75, 3.05) is 0 Å². The first-order valence-corrected chi connectivity index (χ1v) is 5.53. The van der Waals surface area contributed by atoms with Crippen LogP contribution in [0.3, 0.4) is 0 Å². The number of hydrogen-bond acceptors (Lipinski definition) is 3. The van der Waals surface area contributed by atoms with Gasteiger partial charge in [-0.1, -0.05) is 35.5 Å². The molecule has 15 heavy (non-hydrogen) atoms. The lowest BCUT2D eigenvalue weighted by molar-refractivity contribution is 0.319. The fourth-order valence-corrected chi connectivity index (χ4v) is 2.38. The third-order valence-electron chi connectivity index (χ3n) is 2.22. The Morgan fingerprint density at radius 2 is 1.93 bits per heavy atom. The van der Waals surface area contributed by atoms with E-state index in [4.69, 9.17) is 5.21 Å². The monoisotopic (exact) mass is 217 g/mol. The first-order chi connectivity index (χ1) is 7.33. The van der Waals surface area contributed by atoms with E-state index >= 15 is 0 Å². The van der Waals surface area contributed by atoms with E-state index in [-0.39, 0.29) is 0 Å². The standard InChI is InChI=1S/C12H11NOS/c1-9-7-8-15-12(9)11(13-14)10-5-3-2-4-6-10/h2-8,14H,1H3/b13-11+. The first kappa shape index (κ1) is 9.93. The molecule has 0 aliphatic carbocycles. The van der Waals surface area contributed by atoms with Crippen LogP contribution in [0.15, 0.2) is 46.9 Å². The molecule has 0 radical (unpaired) electrons. The van der Waals surface area contributed by atoms with Crippen LogP contribution in [-0.2, 0) is 0 Å². The van der Waals surface area contributed by atoms with Gasteiger partial charge in [-0.05, 0) is 23.9 Å². The average Bonchev–Trinajstić information content (AvgIpc) is 2.68. The Bertz CT molecular complexity index is 473. The second-order valence-electron chi connectivity index (χ2n) is 3.25. The number of aryl methyl sites for hydroxylation is 1. The smallest absolute Gasteiger partial charge is 0.127 e. The topological polar surface area (TPSA) is 32.6 Å². The highest BCUT2D eigenvalue weighted by molar-refractivity contribution is 7.12. The minimum atomic E-state index is 0.642. The molecule has 3 heteroatoms. The summed E-state index contributed by atoms with van der Waals surface area (Å²) in [6.07, 6.45) is 0. The van der Waals surface area contributed by atoms with Crippen LogP contribution in [0.4, 0.5) is 0 Å². The van der Waals surface area contributed by atoms with Crippen molar-refractivity contribution >= 4 is 17.0 Å². The quantitative estimate of drug-likeness (QED) is 0.467. The van der Waals surface area contributed by atoms with Crippen molar-refractivity contribution in [3.05, 3.63) is 57.8 Å². The summed E-state index contributed by atoms with van der Waals surface area (Å²) in [5.41, 5.74) is 2.71. The molecule has 0 aliphatic rings. The van der Waals surface area contributed by atoms with Crippen LogP contribution in [-0.4, -0.2) is 10.9 Å². The summed E-state index contributed by atoms with van der Waals surface area (Å²) >= 11 is 1.59. The molecule has 0 saturated carbocycles. The van der Waals surface area contributed by atoms with Crippen LogP contribution in [0.2, 0.25) is 0 Å². The molecule has 0 bridgehead atoms. The van der Waals surface area contributed by atoms with Gasteiger partial charge in [0.1, 0.15) is 5.71 Å². The summed E-state index contributed by atoms with van der Waals surface area (Å²) in [6, 6.07) is 11.7. The fourth-order valence-electron chi connectivity index (χ4n) is 1.45. The molecule has 1 aromatic heterocycles. The van der Waals surface area contributed by atoms with Gasteiger partial charge in [0.25, 0.3) is 0 Å². The minimum absolute atomic E-state index is 0.642. The molecule has 2 nitrogen and oxygen atoms in total. The van der Waals surface area contributed by atoms with Crippen molar-refractivity contribution in [3.63, 3.8) is 0 Å². The molecular formula is C12H11NOS. The number of oxime groups is 1. The normalized spacial score (nSPS) is 11.7. The van der Waals surface area contributed by atoms with Gasteiger partial charge < -0.3 is 5.21 Å². The lowest BCUT2D eigenvalue weighted by Gasteiger charge is -2.02. The van der Waals surface area contributed by atoms with Crippen LogP contribution in [0.25, 0.3) is 0 Å². The van der Waals surface area contributed by atoms with E-state index in [9.17, 15) is 0 Å². The van der Waals surface area contributed by atoms with Crippen molar-refractivity contribution in [1.29, 1.82) is 0 Å². The highest BCUT2D eigenvalue weighted by atomic mass is 32.1. The number of hydrogen-bond donors (Lipinski definition) is 1. The summed E-state index contributed by atoms with van der Waals surface area (Å²) < 4.78 is 0. The van der Waals surface area contributed by atoms with Crippen LogP contribution in [0, 0.1) is 6.92 Å². The molecule has 0 fully saturated rings. The maximum atomic E-state index is 9.07. The average molecular weight is 217 g/mol. The van der Waals surface area contributed by atoms with Crippen molar-refractivity contribution in [3.8, 4) is 0 Å². The molecule has 1 N–H and O–H groups in total. The maximum Gasteiger partial charge on any atom is 0.127 e. The lowest BCUT2D eigenvalue weighted by atomic mass is 10.1. The molecule has 0 atom stereocenters. The van der Waals surface area contributed by atoms with Crippen molar-refractivity contribution < 1.29 is 5.21 Å². The second kappa shape index (κ2) is 4.28. The molecule has 1 aromatic carbocycles. The first-order valence-electron chi connectivity index (χ1n) is 4.65. The maximum absolute atomic E-state index is 9.07. The van der Waals surface area contributed by atoms with E-state index in [0.29, 0.717) is 5.71 Å². The SMILES string of the molecule is Cc1ccsc1/C(=N/O)c1ccccc1. The van der Waals surface area contributed by atoms with E-state index in [1.54, 1.807) is 11.3 Å². The van der Waals surface area contributed by atoms with Crippen molar-refractivity contribution in [1.82, 2.24) is 0 Å².